The van der Waals surface area contributed by atoms with Crippen molar-refractivity contribution in [1.82, 2.24) is 9.80 Å². The number of rotatable bonds is 7. The van der Waals surface area contributed by atoms with Gasteiger partial charge in [-0.2, -0.15) is 0 Å². The molecule has 0 aliphatic carbocycles. The third kappa shape index (κ3) is 4.34. The Kier molecular flexibility index (Phi) is 6.05. The summed E-state index contributed by atoms with van der Waals surface area (Å²) in [5.41, 5.74) is 1.23. The lowest BCUT2D eigenvalue weighted by Crippen LogP contribution is -2.46. The maximum atomic E-state index is 8.96. The molecule has 0 saturated carbocycles. The molecule has 1 aromatic rings. The Morgan fingerprint density at radius 3 is 2.55 bits per heavy atom. The number of aliphatic hydroxyl groups is 1. The zero-order valence-electron chi connectivity index (χ0n) is 12.0. The van der Waals surface area contributed by atoms with Crippen molar-refractivity contribution in [3.05, 3.63) is 42.5 Å². The minimum absolute atomic E-state index is 0.248. The van der Waals surface area contributed by atoms with Gasteiger partial charge in [0.25, 0.3) is 0 Å². The van der Waals surface area contributed by atoms with Gasteiger partial charge in [0.05, 0.1) is 6.61 Å². The van der Waals surface area contributed by atoms with Crippen molar-refractivity contribution in [2.45, 2.75) is 6.54 Å². The van der Waals surface area contributed by atoms with Crippen LogP contribution in [0.4, 0.5) is 0 Å². The van der Waals surface area contributed by atoms with E-state index >= 15 is 0 Å². The van der Waals surface area contributed by atoms with Gasteiger partial charge in [0.15, 0.2) is 0 Å². The highest BCUT2D eigenvalue weighted by molar-refractivity contribution is 5.33. The molecule has 1 aliphatic heterocycles. The van der Waals surface area contributed by atoms with E-state index in [1.165, 1.54) is 5.56 Å². The standard InChI is InChI=1S/C16H24N2O2/c1-2-13-20-16-6-4-3-5-15(16)14-18-9-7-17(8-10-18)11-12-19/h2-6,19H,1,7-14H2. The molecule has 1 heterocycles. The summed E-state index contributed by atoms with van der Waals surface area (Å²) < 4.78 is 5.70. The zero-order chi connectivity index (χ0) is 14.2. The smallest absolute Gasteiger partial charge is 0.124 e. The molecule has 0 amide bonds. The quantitative estimate of drug-likeness (QED) is 0.763. The van der Waals surface area contributed by atoms with Crippen LogP contribution < -0.4 is 4.74 Å². The fraction of sp³-hybridized carbons (Fsp3) is 0.500. The topological polar surface area (TPSA) is 35.9 Å². The van der Waals surface area contributed by atoms with Crippen LogP contribution in [0.15, 0.2) is 36.9 Å². The van der Waals surface area contributed by atoms with E-state index in [0.717, 1.165) is 45.0 Å². The summed E-state index contributed by atoms with van der Waals surface area (Å²) in [5.74, 6) is 0.949. The Morgan fingerprint density at radius 1 is 1.15 bits per heavy atom. The molecule has 1 fully saturated rings. The zero-order valence-corrected chi connectivity index (χ0v) is 12.0. The average Bonchev–Trinajstić information content (AvgIpc) is 2.49. The van der Waals surface area contributed by atoms with Gasteiger partial charge in [-0.1, -0.05) is 30.9 Å². The average molecular weight is 276 g/mol. The molecule has 4 heteroatoms. The molecule has 4 nitrogen and oxygen atoms in total. The predicted molar refractivity (Wildman–Crippen MR) is 80.9 cm³/mol. The van der Waals surface area contributed by atoms with Crippen LogP contribution in [0, 0.1) is 0 Å². The molecule has 0 atom stereocenters. The first kappa shape index (κ1) is 15.0. The highest BCUT2D eigenvalue weighted by Gasteiger charge is 2.17. The number of nitrogens with zero attached hydrogens (tertiary/aromatic N) is 2. The molecule has 1 aliphatic rings. The van der Waals surface area contributed by atoms with Crippen molar-refractivity contribution < 1.29 is 9.84 Å². The van der Waals surface area contributed by atoms with Crippen LogP contribution in [-0.4, -0.2) is 60.8 Å². The van der Waals surface area contributed by atoms with E-state index in [1.807, 2.05) is 12.1 Å². The number of hydrogen-bond acceptors (Lipinski definition) is 4. The summed E-state index contributed by atoms with van der Waals surface area (Å²) in [6.45, 7) is 10.3. The summed E-state index contributed by atoms with van der Waals surface area (Å²) in [4.78, 5) is 4.74. The number of benzene rings is 1. The Bertz CT molecular complexity index is 415. The summed E-state index contributed by atoms with van der Waals surface area (Å²) >= 11 is 0. The third-order valence-corrected chi connectivity index (χ3v) is 3.60. The maximum Gasteiger partial charge on any atom is 0.124 e. The predicted octanol–water partition coefficient (Wildman–Crippen LogP) is 1.36. The Labute approximate surface area is 121 Å². The molecular weight excluding hydrogens is 252 g/mol. The van der Waals surface area contributed by atoms with Crippen molar-refractivity contribution in [3.8, 4) is 5.75 Å². The van der Waals surface area contributed by atoms with Gasteiger partial charge in [0.1, 0.15) is 12.4 Å². The summed E-state index contributed by atoms with van der Waals surface area (Å²) in [5, 5.41) is 8.96. The van der Waals surface area contributed by atoms with Gasteiger partial charge in [-0.05, 0) is 6.07 Å². The fourth-order valence-corrected chi connectivity index (χ4v) is 2.48. The Hall–Kier alpha value is -1.36. The second-order valence-electron chi connectivity index (χ2n) is 5.05. The second-order valence-corrected chi connectivity index (χ2v) is 5.05. The van der Waals surface area contributed by atoms with Gasteiger partial charge in [0, 0.05) is 44.8 Å². The molecular formula is C16H24N2O2. The highest BCUT2D eigenvalue weighted by Crippen LogP contribution is 2.20. The number of ether oxygens (including phenoxy) is 1. The molecule has 110 valence electrons. The van der Waals surface area contributed by atoms with Crippen LogP contribution in [0.3, 0.4) is 0 Å². The first-order valence-corrected chi connectivity index (χ1v) is 7.20. The number of piperazine rings is 1. The van der Waals surface area contributed by atoms with E-state index in [9.17, 15) is 0 Å². The number of aliphatic hydroxyl groups excluding tert-OH is 1. The summed E-state index contributed by atoms with van der Waals surface area (Å²) in [6.07, 6.45) is 1.77. The van der Waals surface area contributed by atoms with Gasteiger partial charge in [-0.15, -0.1) is 0 Å². The van der Waals surface area contributed by atoms with Crippen LogP contribution in [0.5, 0.6) is 5.75 Å². The lowest BCUT2D eigenvalue weighted by atomic mass is 10.1. The van der Waals surface area contributed by atoms with Gasteiger partial charge in [0.2, 0.25) is 0 Å². The minimum atomic E-state index is 0.248. The van der Waals surface area contributed by atoms with E-state index in [-0.39, 0.29) is 6.61 Å². The monoisotopic (exact) mass is 276 g/mol. The van der Waals surface area contributed by atoms with Crippen LogP contribution in [-0.2, 0) is 6.54 Å². The second kappa shape index (κ2) is 8.04. The maximum absolute atomic E-state index is 8.96. The van der Waals surface area contributed by atoms with Crippen molar-refractivity contribution in [2.24, 2.45) is 0 Å². The lowest BCUT2D eigenvalue weighted by molar-refractivity contribution is 0.108. The molecule has 0 spiro atoms. The molecule has 0 unspecified atom stereocenters. The number of β-amino-alcohol motifs (C(OH)–C–C–N with tert-alkyl or cyclic N) is 1. The van der Waals surface area contributed by atoms with Crippen molar-refractivity contribution in [1.29, 1.82) is 0 Å². The highest BCUT2D eigenvalue weighted by atomic mass is 16.5. The molecule has 0 aromatic heterocycles. The van der Waals surface area contributed by atoms with Gasteiger partial charge < -0.3 is 9.84 Å². The lowest BCUT2D eigenvalue weighted by Gasteiger charge is -2.34. The van der Waals surface area contributed by atoms with Gasteiger partial charge in [-0.3, -0.25) is 9.80 Å². The van der Waals surface area contributed by atoms with E-state index in [0.29, 0.717) is 6.61 Å². The Balaban J connectivity index is 1.89. The molecule has 1 saturated heterocycles. The van der Waals surface area contributed by atoms with Gasteiger partial charge in [-0.25, -0.2) is 0 Å². The van der Waals surface area contributed by atoms with E-state index in [1.54, 1.807) is 6.08 Å². The molecule has 0 bridgehead atoms. The normalized spacial score (nSPS) is 17.1. The number of hydrogen-bond donors (Lipinski definition) is 1. The van der Waals surface area contributed by atoms with Crippen molar-refractivity contribution in [3.63, 3.8) is 0 Å². The molecule has 1 aromatic carbocycles. The molecule has 2 rings (SSSR count). The van der Waals surface area contributed by atoms with E-state index < -0.39 is 0 Å². The third-order valence-electron chi connectivity index (χ3n) is 3.60. The number of para-hydroxylation sites is 1. The van der Waals surface area contributed by atoms with Crippen LogP contribution in [0.25, 0.3) is 0 Å². The van der Waals surface area contributed by atoms with Crippen molar-refractivity contribution >= 4 is 0 Å². The minimum Gasteiger partial charge on any atom is -0.489 e. The van der Waals surface area contributed by atoms with Gasteiger partial charge >= 0.3 is 0 Å². The fourth-order valence-electron chi connectivity index (χ4n) is 2.48. The summed E-state index contributed by atoms with van der Waals surface area (Å²) in [7, 11) is 0. The summed E-state index contributed by atoms with van der Waals surface area (Å²) in [6, 6.07) is 8.19. The largest absolute Gasteiger partial charge is 0.489 e. The Morgan fingerprint density at radius 2 is 1.85 bits per heavy atom. The van der Waals surface area contributed by atoms with E-state index in [4.69, 9.17) is 9.84 Å². The molecule has 0 radical (unpaired) electrons. The SMILES string of the molecule is C=CCOc1ccccc1CN1CCN(CCO)CC1. The van der Waals surface area contributed by atoms with E-state index in [2.05, 4.69) is 28.5 Å². The van der Waals surface area contributed by atoms with Crippen molar-refractivity contribution in [2.75, 3.05) is 45.9 Å². The molecule has 1 N–H and O–H groups in total. The van der Waals surface area contributed by atoms with Crippen LogP contribution in [0.2, 0.25) is 0 Å². The van der Waals surface area contributed by atoms with Crippen LogP contribution in [0.1, 0.15) is 5.56 Å². The van der Waals surface area contributed by atoms with Crippen LogP contribution >= 0.6 is 0 Å². The first-order valence-electron chi connectivity index (χ1n) is 7.20. The first-order chi connectivity index (χ1) is 9.83. The molecule has 20 heavy (non-hydrogen) atoms.